The second-order valence-corrected chi connectivity index (χ2v) is 22.5. The topological polar surface area (TPSA) is 120 Å². The first-order valence-electron chi connectivity index (χ1n) is 24.1. The maximum atomic E-state index is 12.9. The van der Waals surface area contributed by atoms with Crippen molar-refractivity contribution < 1.29 is 76.4 Å². The molecule has 0 bridgehead atoms. The van der Waals surface area contributed by atoms with Crippen LogP contribution >= 0.6 is 0 Å². The van der Waals surface area contributed by atoms with Gasteiger partial charge in [-0.2, -0.15) is 0 Å². The van der Waals surface area contributed by atoms with Gasteiger partial charge in [-0.1, -0.05) is 176 Å². The fraction of sp³-hybridized carbons (Fsp3) is 0.586. The summed E-state index contributed by atoms with van der Waals surface area (Å²) in [6.45, 7) is 38.7. The average molecular weight is 1030 g/mol. The van der Waals surface area contributed by atoms with Crippen molar-refractivity contribution in [2.45, 2.75) is 184 Å². The van der Waals surface area contributed by atoms with Crippen LogP contribution in [0.1, 0.15) is 188 Å². The van der Waals surface area contributed by atoms with Crippen LogP contribution in [-0.2, 0) is 48.7 Å². The smallest absolute Gasteiger partial charge is 0.872 e. The Kier molecular flexibility index (Phi) is 23.7. The molecule has 66 heavy (non-hydrogen) atoms. The molecule has 4 aromatic rings. The zero-order chi connectivity index (χ0) is 48.9. The summed E-state index contributed by atoms with van der Waals surface area (Å²) in [4.78, 5) is 0. The molecule has 0 aromatic heterocycles. The molecule has 0 aliphatic carbocycles. The zero-order valence-electron chi connectivity index (χ0n) is 43.9. The summed E-state index contributed by atoms with van der Waals surface area (Å²) in [6, 6.07) is 15.6. The number of rotatable bonds is 4. The summed E-state index contributed by atoms with van der Waals surface area (Å²) in [5.41, 5.74) is 9.57. The molecule has 0 spiro atoms. The molecule has 0 radical (unpaired) electrons. The minimum Gasteiger partial charge on any atom is -0.872 e. The quantitative estimate of drug-likeness (QED) is 0.200. The predicted molar refractivity (Wildman–Crippen MR) is 263 cm³/mol. The Bertz CT molecular complexity index is 1800. The molecular weight excluding hydrogens is 949 g/mol. The molecule has 0 unspecified atom stereocenters. The molecule has 3 aliphatic heterocycles. The van der Waals surface area contributed by atoms with Crippen LogP contribution in [0, 0.1) is 69.4 Å². The van der Waals surface area contributed by atoms with Crippen LogP contribution in [0.4, 0.5) is 0 Å². The second-order valence-electron chi connectivity index (χ2n) is 22.5. The van der Waals surface area contributed by atoms with E-state index < -0.39 is 0 Å². The molecule has 0 amide bonds. The SMILES string of the molecule is C1CCOC1.C1CCOC1.C1CCOC1.Cc1cc(Cc2cc(C)cc(C(C)(C)C)c2[O-])c([O-])c(C(C)(C)C)c1.Cc1cc(Cc2cc(C)cc(C(C)(C)C)c2[O-])c([O-])c(C(C)(C)C)c1.[Ce+4]. The van der Waals surface area contributed by atoms with Gasteiger partial charge in [0.1, 0.15) is 0 Å². The van der Waals surface area contributed by atoms with E-state index in [1.807, 2.05) is 76.2 Å². The van der Waals surface area contributed by atoms with E-state index in [1.54, 1.807) is 0 Å². The van der Waals surface area contributed by atoms with Crippen molar-refractivity contribution in [2.24, 2.45) is 0 Å². The van der Waals surface area contributed by atoms with Gasteiger partial charge in [0.25, 0.3) is 0 Å². The van der Waals surface area contributed by atoms with E-state index >= 15 is 0 Å². The third-order valence-corrected chi connectivity index (χ3v) is 11.7. The van der Waals surface area contributed by atoms with E-state index in [-0.39, 0.29) is 86.4 Å². The first kappa shape index (κ1) is 59.5. The van der Waals surface area contributed by atoms with E-state index in [0.717, 1.165) is 84.1 Å². The van der Waals surface area contributed by atoms with Gasteiger partial charge in [0, 0.05) is 39.6 Å². The fourth-order valence-electron chi connectivity index (χ4n) is 8.09. The molecule has 7 rings (SSSR count). The summed E-state index contributed by atoms with van der Waals surface area (Å²) < 4.78 is 14.8. The fourth-order valence-corrected chi connectivity index (χ4v) is 8.09. The molecular formula is C58H84CeO7. The Hall–Kier alpha value is -2.66. The van der Waals surface area contributed by atoms with Gasteiger partial charge in [0.05, 0.1) is 0 Å². The van der Waals surface area contributed by atoms with E-state index in [0.29, 0.717) is 35.1 Å². The normalized spacial score (nSPS) is 14.9. The van der Waals surface area contributed by atoms with E-state index in [4.69, 9.17) is 14.2 Å². The van der Waals surface area contributed by atoms with Crippen molar-refractivity contribution in [3.63, 3.8) is 0 Å². The van der Waals surface area contributed by atoms with Crippen LogP contribution in [-0.4, -0.2) is 39.6 Å². The molecule has 3 saturated heterocycles. The summed E-state index contributed by atoms with van der Waals surface area (Å²) in [5, 5.41) is 51.8. The summed E-state index contributed by atoms with van der Waals surface area (Å²) in [6.07, 6.45) is 8.46. The molecule has 0 atom stereocenters. The van der Waals surface area contributed by atoms with Crippen molar-refractivity contribution in [3.05, 3.63) is 115 Å². The Labute approximate surface area is 434 Å². The van der Waals surface area contributed by atoms with Crippen molar-refractivity contribution in [3.8, 4) is 23.0 Å². The van der Waals surface area contributed by atoms with Gasteiger partial charge in [0.15, 0.2) is 0 Å². The van der Waals surface area contributed by atoms with E-state index in [2.05, 4.69) is 83.1 Å². The number of hydrogen-bond donors (Lipinski definition) is 0. The number of hydrogen-bond acceptors (Lipinski definition) is 7. The minimum atomic E-state index is -0.207. The summed E-state index contributed by atoms with van der Waals surface area (Å²) >= 11 is 0. The Morgan fingerprint density at radius 1 is 0.333 bits per heavy atom. The van der Waals surface area contributed by atoms with Crippen molar-refractivity contribution in [2.75, 3.05) is 39.6 Å². The van der Waals surface area contributed by atoms with Crippen LogP contribution in [0.5, 0.6) is 23.0 Å². The minimum absolute atomic E-state index is 0. The van der Waals surface area contributed by atoms with Gasteiger partial charge in [0.2, 0.25) is 0 Å². The summed E-state index contributed by atoms with van der Waals surface area (Å²) in [5.74, 6) is 0.264. The zero-order valence-corrected chi connectivity index (χ0v) is 47.0. The second kappa shape index (κ2) is 26.4. The third-order valence-electron chi connectivity index (χ3n) is 11.7. The van der Waals surface area contributed by atoms with Crippen LogP contribution < -0.4 is 20.4 Å². The number of ether oxygens (including phenoxy) is 3. The third kappa shape index (κ3) is 19.0. The van der Waals surface area contributed by atoms with E-state index in [9.17, 15) is 20.4 Å². The van der Waals surface area contributed by atoms with Gasteiger partial charge < -0.3 is 34.6 Å². The predicted octanol–water partition coefficient (Wildman–Crippen LogP) is 11.7. The van der Waals surface area contributed by atoms with Gasteiger partial charge in [-0.05, 0) is 123 Å². The van der Waals surface area contributed by atoms with E-state index in [1.165, 1.54) is 38.5 Å². The van der Waals surface area contributed by atoms with Crippen LogP contribution in [0.2, 0.25) is 0 Å². The first-order chi connectivity index (χ1) is 30.1. The molecule has 3 heterocycles. The summed E-state index contributed by atoms with van der Waals surface area (Å²) in [7, 11) is 0. The molecule has 3 fully saturated rings. The molecule has 0 saturated carbocycles. The van der Waals surface area contributed by atoms with Gasteiger partial charge in [-0.3, -0.25) is 0 Å². The first-order valence-corrected chi connectivity index (χ1v) is 24.1. The molecule has 7 nitrogen and oxygen atoms in total. The Morgan fingerprint density at radius 3 is 0.621 bits per heavy atom. The van der Waals surface area contributed by atoms with Crippen LogP contribution in [0.15, 0.2) is 48.5 Å². The molecule has 3 aliphatic rings. The molecule has 8 heteroatoms. The van der Waals surface area contributed by atoms with Crippen molar-refractivity contribution in [1.29, 1.82) is 0 Å². The van der Waals surface area contributed by atoms with Crippen molar-refractivity contribution >= 4 is 0 Å². The van der Waals surface area contributed by atoms with Gasteiger partial charge >= 0.3 is 41.7 Å². The standard InChI is InChI=1S/2C23H32O2.3C4H8O.Ce/c2*1-14-9-16(20(24)18(11-14)22(3,4)5)13-17-10-15(2)12-19(21(17)25)23(6,7)8;3*1-2-4-5-3-1;/h2*9-12,24-25H,13H2,1-8H3;3*1-4H2;/q;;;;;+4/p-4. The number of aryl methyl sites for hydroxylation is 4. The maximum Gasteiger partial charge on any atom is 4.00 e. The van der Waals surface area contributed by atoms with Gasteiger partial charge in [-0.25, -0.2) is 0 Å². The average Bonchev–Trinajstić information content (AvgIpc) is 4.04. The number of benzene rings is 4. The molecule has 362 valence electrons. The van der Waals surface area contributed by atoms with Crippen molar-refractivity contribution in [1.82, 2.24) is 0 Å². The largest absolute Gasteiger partial charge is 4.00 e. The molecule has 4 aromatic carbocycles. The monoisotopic (exact) mass is 1030 g/mol. The Balaban J connectivity index is 0.000000338. The molecule has 0 N–H and O–H groups in total. The Morgan fingerprint density at radius 2 is 0.500 bits per heavy atom. The van der Waals surface area contributed by atoms with Crippen LogP contribution in [0.3, 0.4) is 0 Å². The maximum absolute atomic E-state index is 12.9. The van der Waals surface area contributed by atoms with Gasteiger partial charge in [-0.15, -0.1) is 23.0 Å². The van der Waals surface area contributed by atoms with Crippen LogP contribution in [0.25, 0.3) is 0 Å².